The minimum atomic E-state index is -0.353. The molecule has 100 valence electrons. The third kappa shape index (κ3) is 3.49. The average Bonchev–Trinajstić information content (AvgIpc) is 2.86. The summed E-state index contributed by atoms with van der Waals surface area (Å²) in [7, 11) is 0. The molecule has 3 N–H and O–H groups in total. The van der Waals surface area contributed by atoms with Crippen LogP contribution in [0.4, 0.5) is 0 Å². The van der Waals surface area contributed by atoms with Gasteiger partial charge in [-0.25, -0.2) is 0 Å². The first kappa shape index (κ1) is 13.0. The number of rotatable bonds is 5. The molecule has 0 unspecified atom stereocenters. The van der Waals surface area contributed by atoms with Gasteiger partial charge in [-0.3, -0.25) is 9.78 Å². The lowest BCUT2D eigenvalue weighted by Crippen LogP contribution is -2.26. The van der Waals surface area contributed by atoms with E-state index in [1.807, 2.05) is 0 Å². The van der Waals surface area contributed by atoms with Gasteiger partial charge in [-0.05, 0) is 6.07 Å². The molecule has 0 aliphatic carbocycles. The number of hydrogen-bond donors (Lipinski definition) is 3. The van der Waals surface area contributed by atoms with Gasteiger partial charge < -0.3 is 20.1 Å². The van der Waals surface area contributed by atoms with Gasteiger partial charge in [-0.15, -0.1) is 0 Å². The second kappa shape index (κ2) is 5.91. The molecular weight excluding hydrogens is 252 g/mol. The van der Waals surface area contributed by atoms with Gasteiger partial charge in [0.05, 0.1) is 11.8 Å². The molecule has 2 aromatic heterocycles. The largest absolute Gasteiger partial charge is 0.506 e. The monoisotopic (exact) mass is 264 g/mol. The molecule has 0 fully saturated rings. The van der Waals surface area contributed by atoms with Crippen molar-refractivity contribution in [1.82, 2.24) is 20.4 Å². The lowest BCUT2D eigenvalue weighted by molar-refractivity contribution is 0.0953. The number of aliphatic hydroxyl groups excluding tert-OH is 1. The van der Waals surface area contributed by atoms with E-state index < -0.39 is 0 Å². The van der Waals surface area contributed by atoms with Gasteiger partial charge in [-0.1, -0.05) is 5.16 Å². The van der Waals surface area contributed by atoms with Crippen LogP contribution in [-0.2, 0) is 13.0 Å². The Kier molecular flexibility index (Phi) is 4.04. The van der Waals surface area contributed by atoms with Gasteiger partial charge in [0, 0.05) is 19.2 Å². The number of aliphatic hydroxyl groups is 1. The van der Waals surface area contributed by atoms with Crippen molar-refractivity contribution in [3.8, 4) is 5.75 Å². The molecule has 8 heteroatoms. The molecular formula is C11H12N4O4. The molecule has 19 heavy (non-hydrogen) atoms. The van der Waals surface area contributed by atoms with Crippen molar-refractivity contribution in [3.05, 3.63) is 35.7 Å². The highest BCUT2D eigenvalue weighted by atomic mass is 16.5. The van der Waals surface area contributed by atoms with Crippen LogP contribution in [0.25, 0.3) is 0 Å². The van der Waals surface area contributed by atoms with Crippen molar-refractivity contribution in [2.75, 3.05) is 6.54 Å². The van der Waals surface area contributed by atoms with E-state index in [1.165, 1.54) is 18.5 Å². The van der Waals surface area contributed by atoms with Crippen LogP contribution >= 0.6 is 0 Å². The van der Waals surface area contributed by atoms with Crippen molar-refractivity contribution in [2.24, 2.45) is 0 Å². The summed E-state index contributed by atoms with van der Waals surface area (Å²) in [6.07, 6.45) is 2.97. The Bertz CT molecular complexity index is 569. The summed E-state index contributed by atoms with van der Waals surface area (Å²) in [6, 6.07) is 1.32. The molecule has 2 rings (SSSR count). The summed E-state index contributed by atoms with van der Waals surface area (Å²) >= 11 is 0. The van der Waals surface area contributed by atoms with Crippen LogP contribution in [0.5, 0.6) is 5.75 Å². The van der Waals surface area contributed by atoms with Gasteiger partial charge in [0.2, 0.25) is 0 Å². The summed E-state index contributed by atoms with van der Waals surface area (Å²) in [6.45, 7) is -0.00673. The fourth-order valence-electron chi connectivity index (χ4n) is 1.40. The lowest BCUT2D eigenvalue weighted by Gasteiger charge is -2.03. The zero-order valence-corrected chi connectivity index (χ0v) is 9.91. The molecule has 2 aromatic rings. The molecule has 0 atom stereocenters. The highest BCUT2D eigenvalue weighted by molar-refractivity contribution is 5.94. The zero-order chi connectivity index (χ0) is 13.7. The molecule has 0 aromatic carbocycles. The highest BCUT2D eigenvalue weighted by Crippen LogP contribution is 2.08. The van der Waals surface area contributed by atoms with Crippen LogP contribution in [0, 0.1) is 0 Å². The molecule has 0 bridgehead atoms. The number of aromatic hydroxyl groups is 1. The zero-order valence-electron chi connectivity index (χ0n) is 9.91. The Morgan fingerprint density at radius 3 is 2.95 bits per heavy atom. The lowest BCUT2D eigenvalue weighted by atomic mass is 10.2. The van der Waals surface area contributed by atoms with E-state index in [0.29, 0.717) is 18.8 Å². The van der Waals surface area contributed by atoms with Gasteiger partial charge >= 0.3 is 0 Å². The average molecular weight is 264 g/mol. The van der Waals surface area contributed by atoms with Crippen molar-refractivity contribution in [3.63, 3.8) is 0 Å². The number of nitrogens with one attached hydrogen (secondary N) is 1. The van der Waals surface area contributed by atoms with Crippen molar-refractivity contribution < 1.29 is 19.5 Å². The van der Waals surface area contributed by atoms with Gasteiger partial charge in [0.1, 0.15) is 12.4 Å². The maximum absolute atomic E-state index is 11.7. The van der Waals surface area contributed by atoms with Gasteiger partial charge in [0.15, 0.2) is 5.82 Å². The predicted molar refractivity (Wildman–Crippen MR) is 62.2 cm³/mol. The van der Waals surface area contributed by atoms with Crippen LogP contribution in [-0.4, -0.2) is 37.8 Å². The number of pyridine rings is 1. The number of nitrogens with zero attached hydrogens (tertiary/aromatic N) is 3. The standard InChI is InChI=1S/C11H12N4O4/c16-6-10-14-9(15-19-10)1-2-13-11(18)7-3-8(17)5-12-4-7/h3-5,16-17H,1-2,6H2,(H,13,18). The first-order valence-electron chi connectivity index (χ1n) is 5.53. The summed E-state index contributed by atoms with van der Waals surface area (Å²) in [5.74, 6) is 0.115. The first-order chi connectivity index (χ1) is 9.19. The topological polar surface area (TPSA) is 121 Å². The fraction of sp³-hybridized carbons (Fsp3) is 0.273. The van der Waals surface area contributed by atoms with Gasteiger partial charge in [-0.2, -0.15) is 4.98 Å². The quantitative estimate of drug-likeness (QED) is 0.673. The minimum Gasteiger partial charge on any atom is -0.506 e. The first-order valence-corrected chi connectivity index (χ1v) is 5.53. The Hall–Kier alpha value is -2.48. The Morgan fingerprint density at radius 2 is 2.26 bits per heavy atom. The van der Waals surface area contributed by atoms with E-state index in [4.69, 9.17) is 9.63 Å². The van der Waals surface area contributed by atoms with E-state index in [-0.39, 0.29) is 29.7 Å². The number of aromatic nitrogens is 3. The molecule has 0 radical (unpaired) electrons. The Morgan fingerprint density at radius 1 is 1.42 bits per heavy atom. The maximum atomic E-state index is 11.7. The number of carbonyl (C=O) groups is 1. The van der Waals surface area contributed by atoms with E-state index >= 15 is 0 Å². The molecule has 1 amide bonds. The third-order valence-electron chi connectivity index (χ3n) is 2.27. The summed E-state index contributed by atoms with van der Waals surface area (Å²) in [4.78, 5) is 19.3. The van der Waals surface area contributed by atoms with E-state index in [1.54, 1.807) is 0 Å². The second-order valence-corrected chi connectivity index (χ2v) is 3.70. The van der Waals surface area contributed by atoms with Gasteiger partial charge in [0.25, 0.3) is 11.8 Å². The van der Waals surface area contributed by atoms with E-state index in [0.717, 1.165) is 0 Å². The molecule has 0 spiro atoms. The van der Waals surface area contributed by atoms with Crippen LogP contribution in [0.2, 0.25) is 0 Å². The summed E-state index contributed by atoms with van der Waals surface area (Å²) in [5, 5.41) is 24.2. The van der Waals surface area contributed by atoms with Crippen molar-refractivity contribution in [2.45, 2.75) is 13.0 Å². The molecule has 0 aliphatic heterocycles. The Balaban J connectivity index is 1.84. The smallest absolute Gasteiger partial charge is 0.252 e. The minimum absolute atomic E-state index is 0.0709. The fourth-order valence-corrected chi connectivity index (χ4v) is 1.40. The third-order valence-corrected chi connectivity index (χ3v) is 2.27. The number of amides is 1. The molecule has 2 heterocycles. The molecule has 8 nitrogen and oxygen atoms in total. The Labute approximate surface area is 108 Å². The summed E-state index contributed by atoms with van der Waals surface area (Å²) in [5.41, 5.74) is 0.268. The van der Waals surface area contributed by atoms with E-state index in [2.05, 4.69) is 20.4 Å². The van der Waals surface area contributed by atoms with Crippen LogP contribution in [0.3, 0.4) is 0 Å². The van der Waals surface area contributed by atoms with Crippen LogP contribution < -0.4 is 5.32 Å². The molecule has 0 saturated heterocycles. The number of hydrogen-bond acceptors (Lipinski definition) is 7. The molecule has 0 aliphatic rings. The highest BCUT2D eigenvalue weighted by Gasteiger charge is 2.08. The predicted octanol–water partition coefficient (Wildman–Crippen LogP) is -0.365. The molecule has 0 saturated carbocycles. The van der Waals surface area contributed by atoms with Crippen molar-refractivity contribution in [1.29, 1.82) is 0 Å². The van der Waals surface area contributed by atoms with Crippen molar-refractivity contribution >= 4 is 5.91 Å². The number of carbonyl (C=O) groups excluding carboxylic acids is 1. The van der Waals surface area contributed by atoms with E-state index in [9.17, 15) is 9.90 Å². The maximum Gasteiger partial charge on any atom is 0.252 e. The van der Waals surface area contributed by atoms with Crippen LogP contribution in [0.1, 0.15) is 22.1 Å². The summed E-state index contributed by atoms with van der Waals surface area (Å²) < 4.78 is 4.70. The SMILES string of the molecule is O=C(NCCc1noc(CO)n1)c1cncc(O)c1. The normalized spacial score (nSPS) is 10.4. The van der Waals surface area contributed by atoms with Crippen LogP contribution in [0.15, 0.2) is 23.0 Å². The second-order valence-electron chi connectivity index (χ2n) is 3.70.